The third-order valence-corrected chi connectivity index (χ3v) is 15.3. The Morgan fingerprint density at radius 2 is 0.470 bits per heavy atom. The van der Waals surface area contributed by atoms with Crippen molar-refractivity contribution in [3.05, 3.63) is 109 Å². The summed E-state index contributed by atoms with van der Waals surface area (Å²) in [5, 5.41) is 0. The lowest BCUT2D eigenvalue weighted by Crippen LogP contribution is -2.30. The summed E-state index contributed by atoms with van der Waals surface area (Å²) < 4.78 is 16.8. The van der Waals surface area contributed by atoms with E-state index in [2.05, 4.69) is 130 Å². The number of carbonyl (C=O) groups is 3. The number of hydrogen-bond acceptors (Lipinski definition) is 6. The minimum absolute atomic E-state index is 0.0841. The molecule has 6 heteroatoms. The topological polar surface area (TPSA) is 78.9 Å². The molecule has 0 radical (unpaired) electrons. The maximum atomic E-state index is 12.9. The minimum Gasteiger partial charge on any atom is -0.462 e. The summed E-state index contributed by atoms with van der Waals surface area (Å²) in [6.45, 7) is 6.44. The molecule has 0 aliphatic rings. The number of hydrogen-bond donors (Lipinski definition) is 0. The molecular weight excluding hydrogens is 1020 g/mol. The molecular formula is C77H132O6. The fourth-order valence-electron chi connectivity index (χ4n) is 9.99. The van der Waals surface area contributed by atoms with Crippen LogP contribution in [0, 0.1) is 0 Å². The Morgan fingerprint density at radius 3 is 0.735 bits per heavy atom. The second-order valence-electron chi connectivity index (χ2n) is 23.4. The molecule has 0 rings (SSSR count). The van der Waals surface area contributed by atoms with E-state index in [9.17, 15) is 14.4 Å². The minimum atomic E-state index is -0.786. The van der Waals surface area contributed by atoms with Crippen molar-refractivity contribution in [2.45, 2.75) is 348 Å². The smallest absolute Gasteiger partial charge is 0.306 e. The highest BCUT2D eigenvalue weighted by molar-refractivity contribution is 5.71. The van der Waals surface area contributed by atoms with Crippen LogP contribution in [0.1, 0.15) is 342 Å². The van der Waals surface area contributed by atoms with Crippen LogP contribution in [-0.4, -0.2) is 37.2 Å². The van der Waals surface area contributed by atoms with Gasteiger partial charge in [-0.2, -0.15) is 0 Å². The van der Waals surface area contributed by atoms with Gasteiger partial charge in [0.1, 0.15) is 13.2 Å². The van der Waals surface area contributed by atoms with Crippen LogP contribution in [0.15, 0.2) is 109 Å². The molecule has 0 bridgehead atoms. The van der Waals surface area contributed by atoms with E-state index < -0.39 is 6.10 Å². The van der Waals surface area contributed by atoms with Gasteiger partial charge in [-0.1, -0.05) is 323 Å². The first-order valence-corrected chi connectivity index (χ1v) is 35.4. The zero-order valence-corrected chi connectivity index (χ0v) is 54.7. The molecule has 0 saturated heterocycles. The Morgan fingerprint density at radius 1 is 0.253 bits per heavy atom. The lowest BCUT2D eigenvalue weighted by atomic mass is 10.0. The largest absolute Gasteiger partial charge is 0.462 e. The molecule has 83 heavy (non-hydrogen) atoms. The number of carbonyl (C=O) groups excluding carboxylic acids is 3. The molecule has 0 heterocycles. The summed E-state index contributed by atoms with van der Waals surface area (Å²) in [5.74, 6) is -0.908. The second kappa shape index (κ2) is 70.6. The predicted octanol–water partition coefficient (Wildman–Crippen LogP) is 24.6. The molecule has 0 aromatic rings. The van der Waals surface area contributed by atoms with E-state index in [-0.39, 0.29) is 31.1 Å². The summed E-state index contributed by atoms with van der Waals surface area (Å²) in [5.41, 5.74) is 0. The van der Waals surface area contributed by atoms with Crippen LogP contribution in [0.5, 0.6) is 0 Å². The van der Waals surface area contributed by atoms with Crippen LogP contribution in [-0.2, 0) is 28.6 Å². The van der Waals surface area contributed by atoms with Gasteiger partial charge in [0.2, 0.25) is 0 Å². The zero-order chi connectivity index (χ0) is 59.9. The maximum Gasteiger partial charge on any atom is 0.306 e. The van der Waals surface area contributed by atoms with Crippen LogP contribution in [0.2, 0.25) is 0 Å². The summed E-state index contributed by atoms with van der Waals surface area (Å²) in [7, 11) is 0. The molecule has 0 saturated carbocycles. The lowest BCUT2D eigenvalue weighted by Gasteiger charge is -2.18. The van der Waals surface area contributed by atoms with E-state index in [0.717, 1.165) is 135 Å². The SMILES string of the molecule is CC/C=C\C/C=C\C/C=C\C/C=C\C/C=C\C/C=C\C/C=C\CCCCCCCC(=O)OC(COC(=O)CCCCCCC)COC(=O)CCCCCCCCCCCCCCCCCCCCCCC/C=C\C/C=C\CCCCCCC. The molecule has 0 aromatic heterocycles. The molecule has 0 aliphatic carbocycles. The van der Waals surface area contributed by atoms with Gasteiger partial charge >= 0.3 is 17.9 Å². The Hall–Kier alpha value is -3.93. The Bertz CT molecular complexity index is 1660. The molecule has 476 valence electrons. The molecule has 0 fully saturated rings. The van der Waals surface area contributed by atoms with Crippen molar-refractivity contribution in [2.75, 3.05) is 13.2 Å². The van der Waals surface area contributed by atoms with Gasteiger partial charge in [0.05, 0.1) is 0 Å². The van der Waals surface area contributed by atoms with E-state index in [0.29, 0.717) is 19.3 Å². The van der Waals surface area contributed by atoms with Gasteiger partial charge in [-0.3, -0.25) is 14.4 Å². The van der Waals surface area contributed by atoms with Gasteiger partial charge in [-0.25, -0.2) is 0 Å². The van der Waals surface area contributed by atoms with Crippen molar-refractivity contribution in [3.8, 4) is 0 Å². The third kappa shape index (κ3) is 68.7. The highest BCUT2D eigenvalue weighted by atomic mass is 16.6. The number of esters is 3. The molecule has 0 aromatic carbocycles. The zero-order valence-electron chi connectivity index (χ0n) is 54.7. The van der Waals surface area contributed by atoms with Crippen LogP contribution >= 0.6 is 0 Å². The molecule has 1 atom stereocenters. The average Bonchev–Trinajstić information content (AvgIpc) is 3.49. The molecule has 0 aliphatic heterocycles. The first-order valence-electron chi connectivity index (χ1n) is 35.4. The van der Waals surface area contributed by atoms with Crippen molar-refractivity contribution < 1.29 is 28.6 Å². The van der Waals surface area contributed by atoms with E-state index in [1.54, 1.807) is 0 Å². The van der Waals surface area contributed by atoms with Gasteiger partial charge in [-0.05, 0) is 109 Å². The second-order valence-corrected chi connectivity index (χ2v) is 23.4. The molecule has 0 amide bonds. The van der Waals surface area contributed by atoms with Gasteiger partial charge in [-0.15, -0.1) is 0 Å². The molecule has 6 nitrogen and oxygen atoms in total. The van der Waals surface area contributed by atoms with Crippen molar-refractivity contribution in [1.29, 1.82) is 0 Å². The van der Waals surface area contributed by atoms with Crippen molar-refractivity contribution in [1.82, 2.24) is 0 Å². The standard InChI is InChI=1S/C77H132O6/c1-4-7-10-13-15-17-19-21-23-25-27-29-31-33-35-36-37-38-39-40-42-43-45-47-49-51-53-55-57-59-61-64-67-70-76(79)82-73-74(72-81-75(78)69-66-63-12-9-6-3)83-77(80)71-68-65-62-60-58-56-54-52-50-48-46-44-41-34-32-30-28-26-24-22-20-18-16-14-11-8-5-2/h8,11,16,18-19,21-22,24-25,27-28,30,34,41,46,48,52,54,74H,4-7,9-10,12-15,17,20,23,26,29,31-33,35-40,42-45,47,49-51,53,55-73H2,1-3H3/b11-8-,18-16-,21-19-,24-22-,27-25-,30-28-,41-34-,48-46-,54-52-. The highest BCUT2D eigenvalue weighted by Gasteiger charge is 2.19. The van der Waals surface area contributed by atoms with Crippen molar-refractivity contribution in [3.63, 3.8) is 0 Å². The summed E-state index contributed by atoms with van der Waals surface area (Å²) in [6.07, 6.45) is 97.5. The molecule has 0 N–H and O–H groups in total. The van der Waals surface area contributed by atoms with Crippen LogP contribution < -0.4 is 0 Å². The summed E-state index contributed by atoms with van der Waals surface area (Å²) >= 11 is 0. The number of allylic oxidation sites excluding steroid dienone is 18. The van der Waals surface area contributed by atoms with Gasteiger partial charge < -0.3 is 14.2 Å². The number of rotatable bonds is 64. The Balaban J connectivity index is 4.00. The third-order valence-electron chi connectivity index (χ3n) is 15.3. The van der Waals surface area contributed by atoms with E-state index >= 15 is 0 Å². The van der Waals surface area contributed by atoms with Crippen LogP contribution in [0.25, 0.3) is 0 Å². The predicted molar refractivity (Wildman–Crippen MR) is 362 cm³/mol. The molecule has 1 unspecified atom stereocenters. The fourth-order valence-corrected chi connectivity index (χ4v) is 9.99. The summed E-state index contributed by atoms with van der Waals surface area (Å²) in [6, 6.07) is 0. The highest BCUT2D eigenvalue weighted by Crippen LogP contribution is 2.17. The van der Waals surface area contributed by atoms with Gasteiger partial charge in [0.25, 0.3) is 0 Å². The fraction of sp³-hybridized carbons (Fsp3) is 0.727. The van der Waals surface area contributed by atoms with Gasteiger partial charge in [0.15, 0.2) is 6.10 Å². The van der Waals surface area contributed by atoms with E-state index in [1.807, 2.05) is 0 Å². The van der Waals surface area contributed by atoms with Gasteiger partial charge in [0, 0.05) is 19.3 Å². The van der Waals surface area contributed by atoms with Crippen molar-refractivity contribution in [2.24, 2.45) is 0 Å². The average molecular weight is 1150 g/mol. The summed E-state index contributed by atoms with van der Waals surface area (Å²) in [4.78, 5) is 38.0. The van der Waals surface area contributed by atoms with Crippen LogP contribution in [0.4, 0.5) is 0 Å². The molecule has 0 spiro atoms. The Kier molecular flexibility index (Phi) is 67.2. The number of ether oxygens (including phenoxy) is 3. The number of unbranched alkanes of at least 4 members (excludes halogenated alkanes) is 35. The Labute approximate surface area is 514 Å². The first-order chi connectivity index (χ1) is 41.0. The maximum absolute atomic E-state index is 12.9. The monoisotopic (exact) mass is 1150 g/mol. The quantitative estimate of drug-likeness (QED) is 0.0261. The van der Waals surface area contributed by atoms with E-state index in [1.165, 1.54) is 167 Å². The van der Waals surface area contributed by atoms with Crippen LogP contribution in [0.3, 0.4) is 0 Å². The lowest BCUT2D eigenvalue weighted by molar-refractivity contribution is -0.167. The van der Waals surface area contributed by atoms with Crippen molar-refractivity contribution >= 4 is 17.9 Å². The van der Waals surface area contributed by atoms with E-state index in [4.69, 9.17) is 14.2 Å². The first kappa shape index (κ1) is 79.1. The normalized spacial score (nSPS) is 12.8.